The van der Waals surface area contributed by atoms with Crippen LogP contribution in [0.15, 0.2) is 18.5 Å². The van der Waals surface area contributed by atoms with Crippen LogP contribution >= 0.6 is 0 Å². The van der Waals surface area contributed by atoms with Crippen LogP contribution in [0.2, 0.25) is 0 Å². The van der Waals surface area contributed by atoms with Gasteiger partial charge in [-0.05, 0) is 18.9 Å². The summed E-state index contributed by atoms with van der Waals surface area (Å²) in [7, 11) is 2.12. The summed E-state index contributed by atoms with van der Waals surface area (Å²) < 4.78 is 0. The van der Waals surface area contributed by atoms with E-state index < -0.39 is 0 Å². The zero-order chi connectivity index (χ0) is 12.0. The predicted octanol–water partition coefficient (Wildman–Crippen LogP) is 3.00. The highest BCUT2D eigenvalue weighted by molar-refractivity contribution is 5.55. The standard InChI is InChI=1S/C13H23N3/c1-5-11(3)10-16(4)13-7-12(15-6-2)8-14-9-13/h7-9,11,15H,5-6,10H2,1-4H3. The van der Waals surface area contributed by atoms with Crippen molar-refractivity contribution in [1.82, 2.24) is 4.98 Å². The fraction of sp³-hybridized carbons (Fsp3) is 0.615. The fourth-order valence-electron chi connectivity index (χ4n) is 1.64. The Morgan fingerprint density at radius 3 is 2.75 bits per heavy atom. The van der Waals surface area contributed by atoms with Gasteiger partial charge < -0.3 is 10.2 Å². The summed E-state index contributed by atoms with van der Waals surface area (Å²) in [6.45, 7) is 8.60. The molecule has 90 valence electrons. The lowest BCUT2D eigenvalue weighted by Gasteiger charge is -2.22. The van der Waals surface area contributed by atoms with Gasteiger partial charge >= 0.3 is 0 Å². The topological polar surface area (TPSA) is 28.2 Å². The Morgan fingerprint density at radius 2 is 2.12 bits per heavy atom. The Balaban J connectivity index is 2.67. The van der Waals surface area contributed by atoms with Crippen molar-refractivity contribution < 1.29 is 0 Å². The Kier molecular flexibility index (Phi) is 5.09. The molecule has 1 rings (SSSR count). The maximum Gasteiger partial charge on any atom is 0.0570 e. The van der Waals surface area contributed by atoms with Gasteiger partial charge in [-0.15, -0.1) is 0 Å². The lowest BCUT2D eigenvalue weighted by atomic mass is 10.1. The molecule has 0 aliphatic heterocycles. The maximum absolute atomic E-state index is 4.25. The number of anilines is 2. The molecule has 1 atom stereocenters. The van der Waals surface area contributed by atoms with Crippen LogP contribution in [0.4, 0.5) is 11.4 Å². The molecule has 1 aromatic rings. The van der Waals surface area contributed by atoms with E-state index in [2.05, 4.69) is 49.1 Å². The van der Waals surface area contributed by atoms with Crippen molar-refractivity contribution in [2.75, 3.05) is 30.4 Å². The molecule has 0 aliphatic carbocycles. The molecule has 0 fully saturated rings. The van der Waals surface area contributed by atoms with Gasteiger partial charge in [0.2, 0.25) is 0 Å². The number of nitrogens with one attached hydrogen (secondary N) is 1. The summed E-state index contributed by atoms with van der Waals surface area (Å²) in [4.78, 5) is 6.52. The van der Waals surface area contributed by atoms with E-state index in [0.29, 0.717) is 5.92 Å². The van der Waals surface area contributed by atoms with Crippen molar-refractivity contribution in [3.63, 3.8) is 0 Å². The molecule has 3 heteroatoms. The molecule has 0 radical (unpaired) electrons. The van der Waals surface area contributed by atoms with Gasteiger partial charge in [-0.1, -0.05) is 20.3 Å². The summed E-state index contributed by atoms with van der Waals surface area (Å²) in [5.41, 5.74) is 2.27. The van der Waals surface area contributed by atoms with Crippen molar-refractivity contribution in [1.29, 1.82) is 0 Å². The normalized spacial score (nSPS) is 12.2. The van der Waals surface area contributed by atoms with Crippen molar-refractivity contribution in [3.05, 3.63) is 18.5 Å². The van der Waals surface area contributed by atoms with E-state index >= 15 is 0 Å². The van der Waals surface area contributed by atoms with E-state index in [0.717, 1.165) is 18.8 Å². The van der Waals surface area contributed by atoms with Gasteiger partial charge in [0, 0.05) is 20.1 Å². The minimum absolute atomic E-state index is 0.716. The van der Waals surface area contributed by atoms with Gasteiger partial charge in [0.1, 0.15) is 0 Å². The second kappa shape index (κ2) is 6.36. The first-order valence-corrected chi connectivity index (χ1v) is 6.07. The molecular weight excluding hydrogens is 198 g/mol. The molecule has 0 amide bonds. The van der Waals surface area contributed by atoms with E-state index in [4.69, 9.17) is 0 Å². The van der Waals surface area contributed by atoms with Crippen LogP contribution in [-0.4, -0.2) is 25.1 Å². The highest BCUT2D eigenvalue weighted by atomic mass is 15.1. The van der Waals surface area contributed by atoms with E-state index in [1.807, 2.05) is 12.4 Å². The Hall–Kier alpha value is -1.25. The molecule has 0 saturated heterocycles. The minimum Gasteiger partial charge on any atom is -0.384 e. The van der Waals surface area contributed by atoms with Crippen LogP contribution in [-0.2, 0) is 0 Å². The Morgan fingerprint density at radius 1 is 1.38 bits per heavy atom. The lowest BCUT2D eigenvalue weighted by molar-refractivity contribution is 0.559. The monoisotopic (exact) mass is 221 g/mol. The van der Waals surface area contributed by atoms with Gasteiger partial charge in [0.05, 0.1) is 23.8 Å². The molecule has 1 aromatic heterocycles. The molecule has 0 spiro atoms. The minimum atomic E-state index is 0.716. The van der Waals surface area contributed by atoms with Gasteiger partial charge in [0.25, 0.3) is 0 Å². The largest absolute Gasteiger partial charge is 0.384 e. The summed E-state index contributed by atoms with van der Waals surface area (Å²) >= 11 is 0. The average Bonchev–Trinajstić information content (AvgIpc) is 2.29. The summed E-state index contributed by atoms with van der Waals surface area (Å²) in [6.07, 6.45) is 5.00. The van der Waals surface area contributed by atoms with Crippen LogP contribution in [0.5, 0.6) is 0 Å². The molecular formula is C13H23N3. The quantitative estimate of drug-likeness (QED) is 0.800. The Labute approximate surface area is 98.9 Å². The number of hydrogen-bond acceptors (Lipinski definition) is 3. The molecule has 3 nitrogen and oxygen atoms in total. The summed E-state index contributed by atoms with van der Waals surface area (Å²) in [5, 5.41) is 3.28. The van der Waals surface area contributed by atoms with Crippen molar-refractivity contribution in [2.45, 2.75) is 27.2 Å². The number of nitrogens with zero attached hydrogens (tertiary/aromatic N) is 2. The van der Waals surface area contributed by atoms with Gasteiger partial charge in [0.15, 0.2) is 0 Å². The van der Waals surface area contributed by atoms with E-state index in [-0.39, 0.29) is 0 Å². The van der Waals surface area contributed by atoms with Crippen LogP contribution in [0.3, 0.4) is 0 Å². The summed E-state index contributed by atoms with van der Waals surface area (Å²) in [6, 6.07) is 2.15. The van der Waals surface area contributed by atoms with Crippen LogP contribution in [0.25, 0.3) is 0 Å². The number of pyridine rings is 1. The molecule has 16 heavy (non-hydrogen) atoms. The third-order valence-corrected chi connectivity index (χ3v) is 2.83. The molecule has 1 heterocycles. The average molecular weight is 221 g/mol. The van der Waals surface area contributed by atoms with E-state index in [9.17, 15) is 0 Å². The zero-order valence-electron chi connectivity index (χ0n) is 10.8. The van der Waals surface area contributed by atoms with Crippen molar-refractivity contribution in [2.24, 2.45) is 5.92 Å². The smallest absolute Gasteiger partial charge is 0.0570 e. The second-order valence-electron chi connectivity index (χ2n) is 4.36. The fourth-order valence-corrected chi connectivity index (χ4v) is 1.64. The lowest BCUT2D eigenvalue weighted by Crippen LogP contribution is -2.23. The van der Waals surface area contributed by atoms with Crippen molar-refractivity contribution in [3.8, 4) is 0 Å². The Bertz CT molecular complexity index is 312. The molecule has 0 saturated carbocycles. The number of aromatic nitrogens is 1. The maximum atomic E-state index is 4.25. The SMILES string of the molecule is CCNc1cncc(N(C)CC(C)CC)c1. The van der Waals surface area contributed by atoms with Crippen LogP contribution in [0.1, 0.15) is 27.2 Å². The highest BCUT2D eigenvalue weighted by Crippen LogP contribution is 2.18. The third kappa shape index (κ3) is 3.72. The first kappa shape index (κ1) is 12.8. The number of hydrogen-bond donors (Lipinski definition) is 1. The molecule has 0 aliphatic rings. The highest BCUT2D eigenvalue weighted by Gasteiger charge is 2.06. The van der Waals surface area contributed by atoms with Gasteiger partial charge in [-0.25, -0.2) is 0 Å². The molecule has 1 unspecified atom stereocenters. The third-order valence-electron chi connectivity index (χ3n) is 2.83. The molecule has 0 bridgehead atoms. The second-order valence-corrected chi connectivity index (χ2v) is 4.36. The first-order valence-electron chi connectivity index (χ1n) is 6.07. The van der Waals surface area contributed by atoms with Crippen LogP contribution in [0, 0.1) is 5.92 Å². The van der Waals surface area contributed by atoms with Gasteiger partial charge in [-0.2, -0.15) is 0 Å². The molecule has 1 N–H and O–H groups in total. The number of rotatable bonds is 6. The zero-order valence-corrected chi connectivity index (χ0v) is 10.8. The summed E-state index contributed by atoms with van der Waals surface area (Å²) in [5.74, 6) is 0.716. The van der Waals surface area contributed by atoms with E-state index in [1.54, 1.807) is 0 Å². The van der Waals surface area contributed by atoms with Crippen LogP contribution < -0.4 is 10.2 Å². The van der Waals surface area contributed by atoms with Gasteiger partial charge in [-0.3, -0.25) is 4.98 Å². The first-order chi connectivity index (χ1) is 7.67. The van der Waals surface area contributed by atoms with Crippen molar-refractivity contribution >= 4 is 11.4 Å². The van der Waals surface area contributed by atoms with E-state index in [1.165, 1.54) is 12.1 Å². The molecule has 0 aromatic carbocycles. The predicted molar refractivity (Wildman–Crippen MR) is 71.1 cm³/mol.